The van der Waals surface area contributed by atoms with Crippen LogP contribution in [0.2, 0.25) is 5.02 Å². The standard InChI is InChI=1S/C19H17ClO2/c20-16-11-9-15(10-12-16)17-7-4-8-18(17)19(21)22-13-14-5-2-1-3-6-14/h1-3,5-6,8-12,17H,4,7,13H2. The highest BCUT2D eigenvalue weighted by atomic mass is 35.5. The van der Waals surface area contributed by atoms with Crippen LogP contribution < -0.4 is 0 Å². The minimum atomic E-state index is -0.221. The second-order valence-electron chi connectivity index (χ2n) is 5.40. The van der Waals surface area contributed by atoms with Gasteiger partial charge in [-0.05, 0) is 36.1 Å². The summed E-state index contributed by atoms with van der Waals surface area (Å²) >= 11 is 5.93. The third kappa shape index (κ3) is 3.40. The van der Waals surface area contributed by atoms with E-state index in [1.54, 1.807) is 0 Å². The number of rotatable bonds is 4. The molecule has 0 aliphatic heterocycles. The van der Waals surface area contributed by atoms with E-state index >= 15 is 0 Å². The van der Waals surface area contributed by atoms with E-state index in [-0.39, 0.29) is 11.9 Å². The van der Waals surface area contributed by atoms with Gasteiger partial charge in [-0.3, -0.25) is 0 Å². The van der Waals surface area contributed by atoms with Crippen LogP contribution in [0.5, 0.6) is 0 Å². The lowest BCUT2D eigenvalue weighted by molar-refractivity contribution is -0.140. The average Bonchev–Trinajstić information content (AvgIpc) is 3.04. The molecule has 0 heterocycles. The van der Waals surface area contributed by atoms with Crippen LogP contribution in [-0.2, 0) is 16.1 Å². The highest BCUT2D eigenvalue weighted by Gasteiger charge is 2.27. The van der Waals surface area contributed by atoms with E-state index in [4.69, 9.17) is 16.3 Å². The number of allylic oxidation sites excluding steroid dienone is 1. The summed E-state index contributed by atoms with van der Waals surface area (Å²) in [6.07, 6.45) is 3.84. The van der Waals surface area contributed by atoms with Crippen molar-refractivity contribution in [2.45, 2.75) is 25.4 Å². The van der Waals surface area contributed by atoms with Crippen LogP contribution in [0, 0.1) is 0 Å². The van der Waals surface area contributed by atoms with Gasteiger partial charge in [0.2, 0.25) is 0 Å². The van der Waals surface area contributed by atoms with Crippen molar-refractivity contribution in [1.82, 2.24) is 0 Å². The predicted molar refractivity (Wildman–Crippen MR) is 87.7 cm³/mol. The molecule has 0 saturated heterocycles. The Kier molecular flexibility index (Phi) is 4.59. The van der Waals surface area contributed by atoms with Crippen molar-refractivity contribution < 1.29 is 9.53 Å². The van der Waals surface area contributed by atoms with Crippen LogP contribution in [0.15, 0.2) is 66.2 Å². The molecule has 3 rings (SSSR count). The molecule has 2 nitrogen and oxygen atoms in total. The summed E-state index contributed by atoms with van der Waals surface area (Å²) in [7, 11) is 0. The molecular weight excluding hydrogens is 296 g/mol. The van der Waals surface area contributed by atoms with Crippen molar-refractivity contribution in [3.63, 3.8) is 0 Å². The minimum absolute atomic E-state index is 0.112. The molecule has 2 aromatic rings. The van der Waals surface area contributed by atoms with Crippen LogP contribution in [0.1, 0.15) is 29.9 Å². The first-order valence-electron chi connectivity index (χ1n) is 7.40. The summed E-state index contributed by atoms with van der Waals surface area (Å²) < 4.78 is 5.45. The quantitative estimate of drug-likeness (QED) is 0.752. The number of carbonyl (C=O) groups excluding carboxylic acids is 1. The Bertz CT molecular complexity index is 674. The summed E-state index contributed by atoms with van der Waals surface area (Å²) in [5, 5.41) is 0.707. The minimum Gasteiger partial charge on any atom is -0.457 e. The number of carbonyl (C=O) groups is 1. The van der Waals surface area contributed by atoms with Crippen molar-refractivity contribution in [3.05, 3.63) is 82.4 Å². The van der Waals surface area contributed by atoms with Gasteiger partial charge in [0.05, 0.1) is 0 Å². The van der Waals surface area contributed by atoms with Gasteiger partial charge in [0.1, 0.15) is 6.61 Å². The topological polar surface area (TPSA) is 26.3 Å². The van der Waals surface area contributed by atoms with E-state index in [2.05, 4.69) is 0 Å². The maximum Gasteiger partial charge on any atom is 0.334 e. The van der Waals surface area contributed by atoms with Gasteiger partial charge in [-0.15, -0.1) is 0 Å². The SMILES string of the molecule is O=C(OCc1ccccc1)C1=CCCC1c1ccc(Cl)cc1. The Morgan fingerprint density at radius 3 is 2.55 bits per heavy atom. The smallest absolute Gasteiger partial charge is 0.334 e. The van der Waals surface area contributed by atoms with Gasteiger partial charge in [0, 0.05) is 16.5 Å². The molecule has 0 aromatic heterocycles. The maximum absolute atomic E-state index is 12.4. The molecule has 0 fully saturated rings. The lowest BCUT2D eigenvalue weighted by atomic mass is 9.93. The summed E-state index contributed by atoms with van der Waals surface area (Å²) in [5.41, 5.74) is 2.88. The van der Waals surface area contributed by atoms with E-state index < -0.39 is 0 Å². The van der Waals surface area contributed by atoms with E-state index in [1.165, 1.54) is 0 Å². The molecule has 0 spiro atoms. The van der Waals surface area contributed by atoms with Crippen molar-refractivity contribution in [2.24, 2.45) is 0 Å². The second kappa shape index (κ2) is 6.80. The zero-order valence-electron chi connectivity index (χ0n) is 12.2. The number of esters is 1. The number of hydrogen-bond donors (Lipinski definition) is 0. The molecule has 3 heteroatoms. The van der Waals surface area contributed by atoms with Crippen molar-refractivity contribution in [1.29, 1.82) is 0 Å². The summed E-state index contributed by atoms with van der Waals surface area (Å²) in [6.45, 7) is 0.310. The maximum atomic E-state index is 12.4. The Morgan fingerprint density at radius 2 is 1.82 bits per heavy atom. The summed E-state index contributed by atoms with van der Waals surface area (Å²) in [5.74, 6) is -0.109. The summed E-state index contributed by atoms with van der Waals surface area (Å²) in [6, 6.07) is 17.4. The van der Waals surface area contributed by atoms with E-state index in [0.717, 1.165) is 29.5 Å². The third-order valence-electron chi connectivity index (χ3n) is 3.92. The Hall–Kier alpha value is -2.06. The fourth-order valence-corrected chi connectivity index (χ4v) is 2.90. The van der Waals surface area contributed by atoms with Gasteiger partial charge in [-0.25, -0.2) is 4.79 Å². The predicted octanol–water partition coefficient (Wildman–Crippen LogP) is 4.89. The summed E-state index contributed by atoms with van der Waals surface area (Å²) in [4.78, 5) is 12.4. The molecule has 0 saturated carbocycles. The van der Waals surface area contributed by atoms with E-state index in [1.807, 2.05) is 60.7 Å². The van der Waals surface area contributed by atoms with Gasteiger partial charge in [-0.2, -0.15) is 0 Å². The Balaban J connectivity index is 1.67. The van der Waals surface area contributed by atoms with Gasteiger partial charge < -0.3 is 4.74 Å². The van der Waals surface area contributed by atoms with Crippen LogP contribution in [0.25, 0.3) is 0 Å². The molecule has 1 unspecified atom stereocenters. The molecule has 0 N–H and O–H groups in total. The zero-order chi connectivity index (χ0) is 15.4. The first kappa shape index (κ1) is 14.9. The fraction of sp³-hybridized carbons (Fsp3) is 0.211. The molecule has 1 atom stereocenters. The van der Waals surface area contributed by atoms with Crippen molar-refractivity contribution in [3.8, 4) is 0 Å². The molecule has 0 amide bonds. The van der Waals surface area contributed by atoms with Crippen LogP contribution >= 0.6 is 11.6 Å². The molecule has 0 radical (unpaired) electrons. The fourth-order valence-electron chi connectivity index (χ4n) is 2.78. The first-order chi connectivity index (χ1) is 10.7. The first-order valence-corrected chi connectivity index (χ1v) is 7.78. The van der Waals surface area contributed by atoms with Gasteiger partial charge in [0.15, 0.2) is 0 Å². The normalized spacial score (nSPS) is 17.1. The monoisotopic (exact) mass is 312 g/mol. The number of hydrogen-bond acceptors (Lipinski definition) is 2. The highest BCUT2D eigenvalue weighted by Crippen LogP contribution is 2.36. The molecular formula is C19H17ClO2. The van der Waals surface area contributed by atoms with Crippen molar-refractivity contribution in [2.75, 3.05) is 0 Å². The van der Waals surface area contributed by atoms with E-state index in [9.17, 15) is 4.79 Å². The molecule has 0 bridgehead atoms. The van der Waals surface area contributed by atoms with Gasteiger partial charge >= 0.3 is 5.97 Å². The van der Waals surface area contributed by atoms with Crippen LogP contribution in [-0.4, -0.2) is 5.97 Å². The van der Waals surface area contributed by atoms with Crippen LogP contribution in [0.4, 0.5) is 0 Å². The largest absolute Gasteiger partial charge is 0.457 e. The van der Waals surface area contributed by atoms with Crippen LogP contribution in [0.3, 0.4) is 0 Å². The number of benzene rings is 2. The molecule has 112 valence electrons. The number of halogens is 1. The molecule has 2 aromatic carbocycles. The highest BCUT2D eigenvalue weighted by molar-refractivity contribution is 6.30. The lowest BCUT2D eigenvalue weighted by Crippen LogP contribution is -2.12. The molecule has 1 aliphatic rings. The van der Waals surface area contributed by atoms with E-state index in [0.29, 0.717) is 11.6 Å². The molecule has 22 heavy (non-hydrogen) atoms. The average molecular weight is 313 g/mol. The Labute approximate surface area is 135 Å². The lowest BCUT2D eigenvalue weighted by Gasteiger charge is -2.15. The zero-order valence-corrected chi connectivity index (χ0v) is 12.9. The Morgan fingerprint density at radius 1 is 1.09 bits per heavy atom. The molecule has 1 aliphatic carbocycles. The number of ether oxygens (including phenoxy) is 1. The second-order valence-corrected chi connectivity index (χ2v) is 5.84. The van der Waals surface area contributed by atoms with Gasteiger partial charge in [-0.1, -0.05) is 60.1 Å². The third-order valence-corrected chi connectivity index (χ3v) is 4.17. The van der Waals surface area contributed by atoms with Gasteiger partial charge in [0.25, 0.3) is 0 Å². The van der Waals surface area contributed by atoms with Crippen molar-refractivity contribution >= 4 is 17.6 Å².